The Bertz CT molecular complexity index is 444. The molecule has 0 saturated carbocycles. The first-order valence-electron chi connectivity index (χ1n) is 6.22. The van der Waals surface area contributed by atoms with Gasteiger partial charge in [-0.2, -0.15) is 0 Å². The van der Waals surface area contributed by atoms with Crippen molar-refractivity contribution in [2.75, 3.05) is 13.2 Å². The fraction of sp³-hybridized carbons (Fsp3) is 0.400. The molecule has 104 valence electrons. The van der Waals surface area contributed by atoms with E-state index < -0.39 is 5.91 Å². The zero-order valence-corrected chi connectivity index (χ0v) is 11.8. The van der Waals surface area contributed by atoms with Crippen LogP contribution in [0.4, 0.5) is 0 Å². The van der Waals surface area contributed by atoms with Gasteiger partial charge in [0.25, 0.3) is 0 Å². The Labute approximate surface area is 114 Å². The average molecular weight is 262 g/mol. The summed E-state index contributed by atoms with van der Waals surface area (Å²) in [5.74, 6) is 0.257. The van der Waals surface area contributed by atoms with Gasteiger partial charge in [-0.3, -0.25) is 4.79 Å². The van der Waals surface area contributed by atoms with Gasteiger partial charge in [-0.1, -0.05) is 6.58 Å². The second kappa shape index (κ2) is 6.38. The van der Waals surface area contributed by atoms with Gasteiger partial charge in [0.2, 0.25) is 5.91 Å². The molecule has 0 aromatic heterocycles. The summed E-state index contributed by atoms with van der Waals surface area (Å²) in [5.41, 5.74) is 6.67. The lowest BCUT2D eigenvalue weighted by molar-refractivity contribution is 0.100. The van der Waals surface area contributed by atoms with E-state index in [2.05, 4.69) is 32.7 Å². The van der Waals surface area contributed by atoms with Gasteiger partial charge >= 0.3 is 0 Å². The lowest BCUT2D eigenvalue weighted by atomic mass is 10.1. The predicted octanol–water partition coefficient (Wildman–Crippen LogP) is 2.11. The number of hydrogen-bond donors (Lipinski definition) is 2. The minimum atomic E-state index is -0.440. The number of primary amides is 1. The van der Waals surface area contributed by atoms with E-state index in [1.54, 1.807) is 24.3 Å². The largest absolute Gasteiger partial charge is 0.489 e. The van der Waals surface area contributed by atoms with Crippen molar-refractivity contribution in [1.29, 1.82) is 0 Å². The number of amides is 1. The molecule has 1 aromatic carbocycles. The van der Waals surface area contributed by atoms with E-state index in [4.69, 9.17) is 10.5 Å². The van der Waals surface area contributed by atoms with Crippen LogP contribution in [0, 0.1) is 0 Å². The molecule has 0 unspecified atom stereocenters. The van der Waals surface area contributed by atoms with Gasteiger partial charge in [-0.25, -0.2) is 0 Å². The molecule has 4 nitrogen and oxygen atoms in total. The Hall–Kier alpha value is -1.81. The third kappa shape index (κ3) is 6.06. The molecule has 0 bridgehead atoms. The number of carbonyl (C=O) groups is 1. The van der Waals surface area contributed by atoms with Gasteiger partial charge in [0, 0.05) is 17.6 Å². The number of benzene rings is 1. The monoisotopic (exact) mass is 262 g/mol. The van der Waals surface area contributed by atoms with Crippen LogP contribution in [-0.4, -0.2) is 24.6 Å². The molecule has 1 rings (SSSR count). The molecule has 0 spiro atoms. The molecule has 1 aromatic rings. The highest BCUT2D eigenvalue weighted by Crippen LogP contribution is 2.12. The van der Waals surface area contributed by atoms with Crippen molar-refractivity contribution < 1.29 is 9.53 Å². The van der Waals surface area contributed by atoms with E-state index >= 15 is 0 Å². The molecule has 0 heterocycles. The van der Waals surface area contributed by atoms with Crippen LogP contribution in [0.1, 0.15) is 31.1 Å². The van der Waals surface area contributed by atoms with Crippen LogP contribution < -0.4 is 15.8 Å². The summed E-state index contributed by atoms with van der Waals surface area (Å²) in [6, 6.07) is 6.75. The topological polar surface area (TPSA) is 64.3 Å². The van der Waals surface area contributed by atoms with Crippen molar-refractivity contribution in [3.8, 4) is 5.75 Å². The maximum atomic E-state index is 10.9. The molecule has 0 aliphatic heterocycles. The summed E-state index contributed by atoms with van der Waals surface area (Å²) in [6.45, 7) is 11.4. The fourth-order valence-electron chi connectivity index (χ4n) is 1.34. The summed E-state index contributed by atoms with van der Waals surface area (Å²) in [4.78, 5) is 10.9. The smallest absolute Gasteiger partial charge is 0.248 e. The zero-order valence-electron chi connectivity index (χ0n) is 11.8. The highest BCUT2D eigenvalue weighted by atomic mass is 16.5. The molecule has 3 N–H and O–H groups in total. The molecular weight excluding hydrogens is 240 g/mol. The number of nitrogens with one attached hydrogen (secondary N) is 1. The van der Waals surface area contributed by atoms with Crippen molar-refractivity contribution in [3.05, 3.63) is 42.0 Å². The van der Waals surface area contributed by atoms with Crippen LogP contribution in [-0.2, 0) is 0 Å². The molecule has 1 amide bonds. The van der Waals surface area contributed by atoms with Crippen molar-refractivity contribution in [3.63, 3.8) is 0 Å². The Morgan fingerprint density at radius 2 is 1.89 bits per heavy atom. The summed E-state index contributed by atoms with van der Waals surface area (Å²) >= 11 is 0. The number of hydrogen-bond acceptors (Lipinski definition) is 3. The molecule has 0 aliphatic rings. The quantitative estimate of drug-likeness (QED) is 0.772. The van der Waals surface area contributed by atoms with Gasteiger partial charge in [0.15, 0.2) is 0 Å². The Morgan fingerprint density at radius 3 is 2.37 bits per heavy atom. The highest BCUT2D eigenvalue weighted by Gasteiger charge is 2.09. The van der Waals surface area contributed by atoms with Crippen LogP contribution in [0.3, 0.4) is 0 Å². The summed E-state index contributed by atoms with van der Waals surface area (Å²) in [6.07, 6.45) is 0. The normalized spacial score (nSPS) is 11.1. The minimum absolute atomic E-state index is 0.0616. The van der Waals surface area contributed by atoms with Crippen LogP contribution in [0.15, 0.2) is 36.4 Å². The van der Waals surface area contributed by atoms with Crippen molar-refractivity contribution in [2.45, 2.75) is 26.3 Å². The van der Waals surface area contributed by atoms with Crippen LogP contribution in [0.5, 0.6) is 5.75 Å². The maximum absolute atomic E-state index is 10.9. The average Bonchev–Trinajstić information content (AvgIpc) is 2.33. The third-order valence-corrected chi connectivity index (χ3v) is 2.45. The van der Waals surface area contributed by atoms with Crippen molar-refractivity contribution in [2.24, 2.45) is 5.73 Å². The first-order valence-corrected chi connectivity index (χ1v) is 6.22. The van der Waals surface area contributed by atoms with Gasteiger partial charge < -0.3 is 15.8 Å². The van der Waals surface area contributed by atoms with Crippen LogP contribution in [0.25, 0.3) is 0 Å². The second-order valence-electron chi connectivity index (χ2n) is 5.53. The Kier molecular flexibility index (Phi) is 5.12. The maximum Gasteiger partial charge on any atom is 0.248 e. The number of nitrogens with two attached hydrogens (primary N) is 1. The van der Waals surface area contributed by atoms with E-state index in [-0.39, 0.29) is 5.54 Å². The minimum Gasteiger partial charge on any atom is -0.489 e. The third-order valence-electron chi connectivity index (χ3n) is 2.45. The second-order valence-corrected chi connectivity index (χ2v) is 5.53. The first-order chi connectivity index (χ1) is 8.78. The lowest BCUT2D eigenvalue weighted by Crippen LogP contribution is -2.37. The van der Waals surface area contributed by atoms with Crippen molar-refractivity contribution >= 4 is 5.91 Å². The fourth-order valence-corrected chi connectivity index (χ4v) is 1.34. The van der Waals surface area contributed by atoms with Gasteiger partial charge in [-0.05, 0) is 50.6 Å². The van der Waals surface area contributed by atoms with Crippen molar-refractivity contribution in [1.82, 2.24) is 5.32 Å². The Morgan fingerprint density at radius 1 is 1.32 bits per heavy atom. The molecule has 4 heteroatoms. The number of rotatable bonds is 6. The first kappa shape index (κ1) is 15.2. The number of ether oxygens (including phenoxy) is 1. The lowest BCUT2D eigenvalue weighted by Gasteiger charge is -2.21. The Balaban J connectivity index is 2.40. The molecule has 19 heavy (non-hydrogen) atoms. The number of carbonyl (C=O) groups excluding carboxylic acids is 1. The molecule has 0 radical (unpaired) electrons. The summed E-state index contributed by atoms with van der Waals surface area (Å²) in [7, 11) is 0. The van der Waals surface area contributed by atoms with E-state index in [0.717, 1.165) is 5.57 Å². The van der Waals surface area contributed by atoms with Gasteiger partial charge in [0.05, 0.1) is 0 Å². The molecular formula is C15H22N2O2. The summed E-state index contributed by atoms with van der Waals surface area (Å²) in [5, 5.41) is 3.34. The van der Waals surface area contributed by atoms with Crippen LogP contribution >= 0.6 is 0 Å². The van der Waals surface area contributed by atoms with Gasteiger partial charge in [0.1, 0.15) is 12.4 Å². The molecule has 0 fully saturated rings. The van der Waals surface area contributed by atoms with E-state index in [1.165, 1.54) is 0 Å². The molecule has 0 saturated heterocycles. The molecule has 0 atom stereocenters. The van der Waals surface area contributed by atoms with E-state index in [0.29, 0.717) is 24.5 Å². The standard InChI is InChI=1S/C15H22N2O2/c1-11(9-17-15(2,3)4)10-19-13-7-5-12(6-8-13)14(16)18/h5-8,17H,1,9-10H2,2-4H3,(H2,16,18). The van der Waals surface area contributed by atoms with Crippen LogP contribution in [0.2, 0.25) is 0 Å². The highest BCUT2D eigenvalue weighted by molar-refractivity contribution is 5.92. The summed E-state index contributed by atoms with van der Waals surface area (Å²) < 4.78 is 5.58. The van der Waals surface area contributed by atoms with E-state index in [9.17, 15) is 4.79 Å². The van der Waals surface area contributed by atoms with E-state index in [1.807, 2.05) is 0 Å². The van der Waals surface area contributed by atoms with Gasteiger partial charge in [-0.15, -0.1) is 0 Å². The predicted molar refractivity (Wildman–Crippen MR) is 77.4 cm³/mol. The molecule has 0 aliphatic carbocycles. The zero-order chi connectivity index (χ0) is 14.5. The SMILES string of the molecule is C=C(CNC(C)(C)C)COc1ccc(C(N)=O)cc1.